The van der Waals surface area contributed by atoms with Crippen LogP contribution in [-0.2, 0) is 0 Å². The van der Waals surface area contributed by atoms with E-state index in [1.807, 2.05) is 12.3 Å². The summed E-state index contributed by atoms with van der Waals surface area (Å²) in [6.07, 6.45) is 8.32. The number of benzene rings is 1. The molecule has 2 aromatic rings. The van der Waals surface area contributed by atoms with Crippen LogP contribution in [0.1, 0.15) is 50.6 Å². The van der Waals surface area contributed by atoms with Crippen molar-refractivity contribution in [2.45, 2.75) is 45.1 Å². The van der Waals surface area contributed by atoms with Gasteiger partial charge in [-0.25, -0.2) is 0 Å². The van der Waals surface area contributed by atoms with E-state index in [1.54, 1.807) is 0 Å². The average molecular weight is 256 g/mol. The van der Waals surface area contributed by atoms with Crippen LogP contribution in [0.3, 0.4) is 0 Å². The molecule has 19 heavy (non-hydrogen) atoms. The van der Waals surface area contributed by atoms with Gasteiger partial charge in [0.05, 0.1) is 5.52 Å². The topological polar surface area (TPSA) is 24.9 Å². The van der Waals surface area contributed by atoms with Crippen molar-refractivity contribution in [2.75, 3.05) is 7.05 Å². The van der Waals surface area contributed by atoms with Gasteiger partial charge >= 0.3 is 0 Å². The SMILES string of the molecule is CCCCCCC(NC)c1cccc2ncccc12. The molecular weight excluding hydrogens is 232 g/mol. The zero-order chi connectivity index (χ0) is 13.5. The first-order valence-electron chi connectivity index (χ1n) is 7.37. The molecule has 0 aliphatic carbocycles. The Morgan fingerprint density at radius 3 is 2.79 bits per heavy atom. The summed E-state index contributed by atoms with van der Waals surface area (Å²) in [7, 11) is 2.06. The van der Waals surface area contributed by atoms with Crippen molar-refractivity contribution in [3.8, 4) is 0 Å². The van der Waals surface area contributed by atoms with Gasteiger partial charge in [0.25, 0.3) is 0 Å². The van der Waals surface area contributed by atoms with Gasteiger partial charge in [-0.2, -0.15) is 0 Å². The van der Waals surface area contributed by atoms with E-state index in [4.69, 9.17) is 0 Å². The van der Waals surface area contributed by atoms with E-state index in [-0.39, 0.29) is 0 Å². The summed E-state index contributed by atoms with van der Waals surface area (Å²) in [4.78, 5) is 4.44. The van der Waals surface area contributed by atoms with E-state index in [2.05, 4.69) is 48.5 Å². The molecule has 1 aromatic heterocycles. The van der Waals surface area contributed by atoms with Gasteiger partial charge < -0.3 is 5.32 Å². The number of fused-ring (bicyclic) bond motifs is 1. The first-order chi connectivity index (χ1) is 9.36. The van der Waals surface area contributed by atoms with Crippen molar-refractivity contribution in [1.82, 2.24) is 10.3 Å². The van der Waals surface area contributed by atoms with E-state index < -0.39 is 0 Å². The van der Waals surface area contributed by atoms with Crippen LogP contribution in [0.15, 0.2) is 36.5 Å². The van der Waals surface area contributed by atoms with Crippen molar-refractivity contribution < 1.29 is 0 Å². The molecule has 1 unspecified atom stereocenters. The summed E-state index contributed by atoms with van der Waals surface area (Å²) < 4.78 is 0. The number of rotatable bonds is 7. The summed E-state index contributed by atoms with van der Waals surface area (Å²) in [5, 5.41) is 4.74. The van der Waals surface area contributed by atoms with Crippen LogP contribution in [0.25, 0.3) is 10.9 Å². The van der Waals surface area contributed by atoms with Gasteiger partial charge in [-0.3, -0.25) is 4.98 Å². The van der Waals surface area contributed by atoms with E-state index in [9.17, 15) is 0 Å². The van der Waals surface area contributed by atoms with E-state index in [1.165, 1.54) is 43.1 Å². The Balaban J connectivity index is 2.16. The maximum Gasteiger partial charge on any atom is 0.0705 e. The molecule has 0 radical (unpaired) electrons. The molecule has 1 aromatic carbocycles. The number of nitrogens with one attached hydrogen (secondary N) is 1. The molecule has 0 saturated carbocycles. The number of pyridine rings is 1. The summed E-state index contributed by atoms with van der Waals surface area (Å²) in [6.45, 7) is 2.26. The Morgan fingerprint density at radius 1 is 1.11 bits per heavy atom. The molecule has 0 spiro atoms. The fourth-order valence-corrected chi connectivity index (χ4v) is 2.66. The second-order valence-corrected chi connectivity index (χ2v) is 5.11. The monoisotopic (exact) mass is 256 g/mol. The number of unbranched alkanes of at least 4 members (excludes halogenated alkanes) is 3. The highest BCUT2D eigenvalue weighted by Crippen LogP contribution is 2.26. The lowest BCUT2D eigenvalue weighted by Crippen LogP contribution is -2.16. The lowest BCUT2D eigenvalue weighted by atomic mass is 9.96. The van der Waals surface area contributed by atoms with E-state index >= 15 is 0 Å². The molecule has 2 rings (SSSR count). The highest BCUT2D eigenvalue weighted by Gasteiger charge is 2.12. The van der Waals surface area contributed by atoms with Crippen LogP contribution in [0, 0.1) is 0 Å². The van der Waals surface area contributed by atoms with Crippen LogP contribution in [-0.4, -0.2) is 12.0 Å². The van der Waals surface area contributed by atoms with Gasteiger partial charge in [-0.15, -0.1) is 0 Å². The van der Waals surface area contributed by atoms with Gasteiger partial charge in [0.1, 0.15) is 0 Å². The smallest absolute Gasteiger partial charge is 0.0705 e. The summed E-state index contributed by atoms with van der Waals surface area (Å²) in [6, 6.07) is 11.1. The molecule has 0 saturated heterocycles. The van der Waals surface area contributed by atoms with Gasteiger partial charge in [-0.05, 0) is 31.2 Å². The molecule has 0 fully saturated rings. The van der Waals surface area contributed by atoms with Crippen molar-refractivity contribution in [2.24, 2.45) is 0 Å². The second kappa shape index (κ2) is 7.25. The Labute approximate surface area is 116 Å². The molecule has 0 amide bonds. The molecule has 102 valence electrons. The van der Waals surface area contributed by atoms with Crippen molar-refractivity contribution in [3.05, 3.63) is 42.1 Å². The van der Waals surface area contributed by atoms with Gasteiger partial charge in [0.15, 0.2) is 0 Å². The van der Waals surface area contributed by atoms with Crippen LogP contribution in [0.2, 0.25) is 0 Å². The Bertz CT molecular complexity index is 502. The minimum Gasteiger partial charge on any atom is -0.313 e. The normalized spacial score (nSPS) is 12.7. The maximum atomic E-state index is 4.44. The third-order valence-corrected chi connectivity index (χ3v) is 3.75. The zero-order valence-electron chi connectivity index (χ0n) is 12.0. The largest absolute Gasteiger partial charge is 0.313 e. The third-order valence-electron chi connectivity index (χ3n) is 3.75. The predicted octanol–water partition coefficient (Wildman–Crippen LogP) is 4.47. The lowest BCUT2D eigenvalue weighted by molar-refractivity contribution is 0.507. The number of nitrogens with zero attached hydrogens (tertiary/aromatic N) is 1. The van der Waals surface area contributed by atoms with E-state index in [0.717, 1.165) is 5.52 Å². The Hall–Kier alpha value is -1.41. The van der Waals surface area contributed by atoms with Crippen molar-refractivity contribution in [1.29, 1.82) is 0 Å². The van der Waals surface area contributed by atoms with E-state index in [0.29, 0.717) is 6.04 Å². The summed E-state index contributed by atoms with van der Waals surface area (Å²) >= 11 is 0. The van der Waals surface area contributed by atoms with Crippen LogP contribution < -0.4 is 5.32 Å². The number of hydrogen-bond donors (Lipinski definition) is 1. The minimum absolute atomic E-state index is 0.435. The minimum atomic E-state index is 0.435. The van der Waals surface area contributed by atoms with Crippen LogP contribution in [0.4, 0.5) is 0 Å². The first kappa shape index (κ1) is 14.0. The van der Waals surface area contributed by atoms with Crippen LogP contribution >= 0.6 is 0 Å². The molecule has 0 aliphatic heterocycles. The highest BCUT2D eigenvalue weighted by atomic mass is 14.9. The zero-order valence-corrected chi connectivity index (χ0v) is 12.0. The average Bonchev–Trinajstić information content (AvgIpc) is 2.47. The molecule has 0 aliphatic rings. The van der Waals surface area contributed by atoms with Crippen molar-refractivity contribution in [3.63, 3.8) is 0 Å². The molecule has 0 bridgehead atoms. The molecule has 1 atom stereocenters. The molecule has 1 heterocycles. The van der Waals surface area contributed by atoms with Gasteiger partial charge in [0, 0.05) is 17.6 Å². The van der Waals surface area contributed by atoms with Gasteiger partial charge in [-0.1, -0.05) is 50.8 Å². The molecule has 1 N–H and O–H groups in total. The quantitative estimate of drug-likeness (QED) is 0.739. The lowest BCUT2D eigenvalue weighted by Gasteiger charge is -2.18. The number of aromatic nitrogens is 1. The number of hydrogen-bond acceptors (Lipinski definition) is 2. The van der Waals surface area contributed by atoms with Crippen LogP contribution in [0.5, 0.6) is 0 Å². The molecule has 2 nitrogen and oxygen atoms in total. The summed E-state index contributed by atoms with van der Waals surface area (Å²) in [5.74, 6) is 0. The van der Waals surface area contributed by atoms with Gasteiger partial charge in [0.2, 0.25) is 0 Å². The first-order valence-corrected chi connectivity index (χ1v) is 7.37. The predicted molar refractivity (Wildman–Crippen MR) is 82.3 cm³/mol. The second-order valence-electron chi connectivity index (χ2n) is 5.11. The molecular formula is C17H24N2. The fourth-order valence-electron chi connectivity index (χ4n) is 2.66. The summed E-state index contributed by atoms with van der Waals surface area (Å²) in [5.41, 5.74) is 2.47. The third kappa shape index (κ3) is 3.54. The van der Waals surface area contributed by atoms with Crippen molar-refractivity contribution >= 4 is 10.9 Å². The maximum absolute atomic E-state index is 4.44. The highest BCUT2D eigenvalue weighted by molar-refractivity contribution is 5.82. The fraction of sp³-hybridized carbons (Fsp3) is 0.471. The Kier molecular flexibility index (Phi) is 5.34. The molecule has 2 heteroatoms. The standard InChI is InChI=1S/C17H24N2/c1-3-4-5-6-11-16(18-2)14-9-7-12-17-15(14)10-8-13-19-17/h7-10,12-13,16,18H,3-6,11H2,1-2H3. The Morgan fingerprint density at radius 2 is 2.00 bits per heavy atom.